The Hall–Kier alpha value is -1.94. The van der Waals surface area contributed by atoms with Gasteiger partial charge < -0.3 is 4.98 Å². The molecule has 3 aromatic rings. The van der Waals surface area contributed by atoms with Crippen molar-refractivity contribution in [3.8, 4) is 0 Å². The minimum Gasteiger partial charge on any atom is -0.345 e. The van der Waals surface area contributed by atoms with Crippen LogP contribution in [0.3, 0.4) is 0 Å². The zero-order valence-corrected chi connectivity index (χ0v) is 11.0. The van der Waals surface area contributed by atoms with Crippen LogP contribution in [0.4, 0.5) is 0 Å². The average Bonchev–Trinajstić information content (AvgIpc) is 2.93. The van der Waals surface area contributed by atoms with Crippen molar-refractivity contribution in [1.82, 2.24) is 9.97 Å². The molecule has 4 heteroatoms. The molecule has 0 unspecified atom stereocenters. The molecule has 90 valence electrons. The first-order valence-electron chi connectivity index (χ1n) is 5.70. The number of aromatic amines is 1. The first-order chi connectivity index (χ1) is 8.66. The van der Waals surface area contributed by atoms with Crippen LogP contribution in [0.25, 0.3) is 11.0 Å². The monoisotopic (exact) mass is 256 g/mol. The molecule has 0 amide bonds. The van der Waals surface area contributed by atoms with E-state index in [9.17, 15) is 4.79 Å². The predicted octanol–water partition coefficient (Wildman–Crippen LogP) is 3.47. The first kappa shape index (κ1) is 11.2. The van der Waals surface area contributed by atoms with Crippen LogP contribution in [0.1, 0.15) is 25.7 Å². The fourth-order valence-corrected chi connectivity index (χ4v) is 2.95. The van der Waals surface area contributed by atoms with Crippen LogP contribution < -0.4 is 0 Å². The van der Waals surface area contributed by atoms with Crippen molar-refractivity contribution in [2.24, 2.45) is 0 Å². The lowest BCUT2D eigenvalue weighted by Gasteiger charge is -1.95. The highest BCUT2D eigenvalue weighted by molar-refractivity contribution is 7.14. The number of fused-ring (bicyclic) bond motifs is 1. The van der Waals surface area contributed by atoms with Gasteiger partial charge in [-0.05, 0) is 37.6 Å². The van der Waals surface area contributed by atoms with Crippen molar-refractivity contribution in [3.05, 3.63) is 51.5 Å². The van der Waals surface area contributed by atoms with E-state index in [1.54, 1.807) is 23.7 Å². The molecule has 1 N–H and O–H groups in total. The Morgan fingerprint density at radius 1 is 1.39 bits per heavy atom. The molecule has 0 spiro atoms. The van der Waals surface area contributed by atoms with E-state index >= 15 is 0 Å². The molecule has 0 aromatic carbocycles. The lowest BCUT2D eigenvalue weighted by molar-refractivity contribution is 0.104. The van der Waals surface area contributed by atoms with Crippen LogP contribution in [0, 0.1) is 13.8 Å². The van der Waals surface area contributed by atoms with Crippen molar-refractivity contribution in [2.45, 2.75) is 13.8 Å². The van der Waals surface area contributed by atoms with Gasteiger partial charge in [-0.3, -0.25) is 4.79 Å². The number of H-pyrrole nitrogens is 1. The Morgan fingerprint density at radius 2 is 2.22 bits per heavy atom. The summed E-state index contributed by atoms with van der Waals surface area (Å²) in [7, 11) is 0. The number of thiophene rings is 1. The number of nitrogens with zero attached hydrogens (tertiary/aromatic N) is 1. The molecule has 0 aliphatic rings. The summed E-state index contributed by atoms with van der Waals surface area (Å²) in [6.07, 6.45) is 3.46. The first-order valence-corrected chi connectivity index (χ1v) is 6.52. The van der Waals surface area contributed by atoms with Crippen LogP contribution in [-0.4, -0.2) is 15.8 Å². The van der Waals surface area contributed by atoms with Gasteiger partial charge in [-0.2, -0.15) is 0 Å². The number of hydrogen-bond donors (Lipinski definition) is 1. The van der Waals surface area contributed by atoms with Gasteiger partial charge in [-0.1, -0.05) is 0 Å². The molecule has 0 bridgehead atoms. The minimum atomic E-state index is 0.0652. The molecule has 3 heterocycles. The van der Waals surface area contributed by atoms with Crippen LogP contribution in [0.15, 0.2) is 30.6 Å². The molecule has 0 aliphatic heterocycles. The Kier molecular flexibility index (Phi) is 2.52. The standard InChI is InChI=1S/C14H12N2OS/c1-8-6-12(18-9(8)2)13(17)11-7-16-14-10(11)4-3-5-15-14/h3-7H,1-2H3,(H,15,16). The second-order valence-electron chi connectivity index (χ2n) is 4.28. The highest BCUT2D eigenvalue weighted by Gasteiger charge is 2.16. The van der Waals surface area contributed by atoms with Crippen LogP contribution in [-0.2, 0) is 0 Å². The molecular formula is C14H12N2OS. The number of nitrogens with one attached hydrogen (secondary N) is 1. The maximum atomic E-state index is 12.4. The van der Waals surface area contributed by atoms with E-state index in [0.717, 1.165) is 15.9 Å². The van der Waals surface area contributed by atoms with Crippen LogP contribution in [0.5, 0.6) is 0 Å². The molecular weight excluding hydrogens is 244 g/mol. The average molecular weight is 256 g/mol. The fraction of sp³-hybridized carbons (Fsp3) is 0.143. The number of rotatable bonds is 2. The number of carbonyl (C=O) groups is 1. The maximum Gasteiger partial charge on any atom is 0.205 e. The summed E-state index contributed by atoms with van der Waals surface area (Å²) in [6.45, 7) is 4.06. The van der Waals surface area contributed by atoms with Gasteiger partial charge in [0.15, 0.2) is 0 Å². The number of carbonyl (C=O) groups excluding carboxylic acids is 1. The minimum absolute atomic E-state index is 0.0652. The summed E-state index contributed by atoms with van der Waals surface area (Å²) in [5.41, 5.74) is 2.62. The summed E-state index contributed by atoms with van der Waals surface area (Å²) in [4.78, 5) is 21.7. The van der Waals surface area contributed by atoms with E-state index in [-0.39, 0.29) is 5.78 Å². The number of aromatic nitrogens is 2. The molecule has 3 nitrogen and oxygen atoms in total. The lowest BCUT2D eigenvalue weighted by Crippen LogP contribution is -1.96. The Bertz CT molecular complexity index is 720. The van der Waals surface area contributed by atoms with E-state index < -0.39 is 0 Å². The third-order valence-corrected chi connectivity index (χ3v) is 4.24. The molecule has 0 fully saturated rings. The van der Waals surface area contributed by atoms with Crippen molar-refractivity contribution in [2.75, 3.05) is 0 Å². The second kappa shape index (κ2) is 4.07. The lowest BCUT2D eigenvalue weighted by atomic mass is 10.1. The van der Waals surface area contributed by atoms with Gasteiger partial charge in [0, 0.05) is 22.7 Å². The van der Waals surface area contributed by atoms with Gasteiger partial charge in [-0.15, -0.1) is 11.3 Å². The Balaban J connectivity index is 2.12. The van der Waals surface area contributed by atoms with Gasteiger partial charge in [0.05, 0.1) is 10.4 Å². The molecule has 3 aromatic heterocycles. The zero-order valence-electron chi connectivity index (χ0n) is 10.2. The van der Waals surface area contributed by atoms with Crippen LogP contribution in [0.2, 0.25) is 0 Å². The Labute approximate surface area is 108 Å². The normalized spacial score (nSPS) is 11.0. The van der Waals surface area contributed by atoms with Crippen molar-refractivity contribution in [3.63, 3.8) is 0 Å². The van der Waals surface area contributed by atoms with E-state index in [1.807, 2.05) is 32.0 Å². The van der Waals surface area contributed by atoms with Crippen molar-refractivity contribution < 1.29 is 4.79 Å². The van der Waals surface area contributed by atoms with Gasteiger partial charge in [-0.25, -0.2) is 4.98 Å². The number of ketones is 1. The zero-order chi connectivity index (χ0) is 12.7. The predicted molar refractivity (Wildman–Crippen MR) is 73.3 cm³/mol. The fourth-order valence-electron chi connectivity index (χ4n) is 1.96. The van der Waals surface area contributed by atoms with Crippen molar-refractivity contribution in [1.29, 1.82) is 0 Å². The van der Waals surface area contributed by atoms with Gasteiger partial charge >= 0.3 is 0 Å². The molecule has 0 aliphatic carbocycles. The SMILES string of the molecule is Cc1cc(C(=O)c2c[nH]c3ncccc23)sc1C. The number of hydrogen-bond acceptors (Lipinski definition) is 3. The van der Waals surface area contributed by atoms with Crippen molar-refractivity contribution >= 4 is 28.2 Å². The third-order valence-electron chi connectivity index (χ3n) is 3.09. The van der Waals surface area contributed by atoms with E-state index in [2.05, 4.69) is 9.97 Å². The third kappa shape index (κ3) is 1.66. The topological polar surface area (TPSA) is 45.8 Å². The highest BCUT2D eigenvalue weighted by Crippen LogP contribution is 2.26. The quantitative estimate of drug-likeness (QED) is 0.713. The molecule has 18 heavy (non-hydrogen) atoms. The number of pyridine rings is 1. The molecule has 3 rings (SSSR count). The van der Waals surface area contributed by atoms with Gasteiger partial charge in [0.1, 0.15) is 5.65 Å². The van der Waals surface area contributed by atoms with E-state index in [4.69, 9.17) is 0 Å². The highest BCUT2D eigenvalue weighted by atomic mass is 32.1. The smallest absolute Gasteiger partial charge is 0.205 e. The van der Waals surface area contributed by atoms with Gasteiger partial charge in [0.2, 0.25) is 5.78 Å². The molecule has 0 saturated carbocycles. The number of aryl methyl sites for hydroxylation is 2. The largest absolute Gasteiger partial charge is 0.345 e. The maximum absolute atomic E-state index is 12.4. The second-order valence-corrected chi connectivity index (χ2v) is 5.54. The molecule has 0 atom stereocenters. The molecule has 0 saturated heterocycles. The summed E-state index contributed by atoms with van der Waals surface area (Å²) < 4.78 is 0. The Morgan fingerprint density at radius 3 is 2.94 bits per heavy atom. The summed E-state index contributed by atoms with van der Waals surface area (Å²) in [5.74, 6) is 0.0652. The molecule has 0 radical (unpaired) electrons. The van der Waals surface area contributed by atoms with Crippen LogP contribution >= 0.6 is 11.3 Å². The summed E-state index contributed by atoms with van der Waals surface area (Å²) in [6, 6.07) is 5.72. The van der Waals surface area contributed by atoms with E-state index in [0.29, 0.717) is 5.56 Å². The summed E-state index contributed by atoms with van der Waals surface area (Å²) in [5, 5.41) is 0.881. The van der Waals surface area contributed by atoms with E-state index in [1.165, 1.54) is 10.4 Å². The summed E-state index contributed by atoms with van der Waals surface area (Å²) >= 11 is 1.55. The van der Waals surface area contributed by atoms with Gasteiger partial charge in [0.25, 0.3) is 0 Å².